The summed E-state index contributed by atoms with van der Waals surface area (Å²) in [5, 5.41) is 7.80. The van der Waals surface area contributed by atoms with Gasteiger partial charge in [-0.2, -0.15) is 0 Å². The van der Waals surface area contributed by atoms with Crippen LogP contribution in [0.15, 0.2) is 25.3 Å². The van der Waals surface area contributed by atoms with Crippen molar-refractivity contribution in [3.05, 3.63) is 25.3 Å². The highest BCUT2D eigenvalue weighted by Crippen LogP contribution is 2.43. The van der Waals surface area contributed by atoms with Crippen LogP contribution < -0.4 is 10.6 Å². The molecule has 0 radical (unpaired) electrons. The first-order valence-electron chi connectivity index (χ1n) is 7.57. The minimum atomic E-state index is 0.664. The Morgan fingerprint density at radius 3 is 2.44 bits per heavy atom. The molecule has 18 heavy (non-hydrogen) atoms. The van der Waals surface area contributed by atoms with Crippen LogP contribution in [0.3, 0.4) is 0 Å². The first-order chi connectivity index (χ1) is 8.83. The first-order valence-corrected chi connectivity index (χ1v) is 7.57. The van der Waals surface area contributed by atoms with E-state index >= 15 is 0 Å². The largest absolute Gasteiger partial charge is 0.310 e. The predicted octanol–water partition coefficient (Wildman–Crippen LogP) is 2.63. The molecule has 6 atom stereocenters. The van der Waals surface area contributed by atoms with Crippen LogP contribution in [0, 0.1) is 11.8 Å². The van der Waals surface area contributed by atoms with Gasteiger partial charge in [0.15, 0.2) is 0 Å². The van der Waals surface area contributed by atoms with E-state index in [1.54, 1.807) is 0 Å². The number of nitrogens with one attached hydrogen (secondary N) is 2. The molecule has 4 aliphatic rings. The van der Waals surface area contributed by atoms with E-state index in [1.807, 2.05) is 0 Å². The Morgan fingerprint density at radius 1 is 0.889 bits per heavy atom. The number of rotatable bonds is 4. The van der Waals surface area contributed by atoms with E-state index in [9.17, 15) is 0 Å². The lowest BCUT2D eigenvalue weighted by Gasteiger charge is -2.56. The molecular weight excluding hydrogens is 220 g/mol. The lowest BCUT2D eigenvalue weighted by molar-refractivity contribution is 0.0128. The van der Waals surface area contributed by atoms with Crippen molar-refractivity contribution < 1.29 is 0 Å². The average molecular weight is 246 g/mol. The van der Waals surface area contributed by atoms with Gasteiger partial charge in [-0.05, 0) is 50.4 Å². The van der Waals surface area contributed by atoms with Gasteiger partial charge in [-0.15, -0.1) is 13.2 Å². The SMILES string of the molecule is C=CCC1CCC2C3CCC(C(CC=C)N3)C2N1. The minimum absolute atomic E-state index is 0.664. The van der Waals surface area contributed by atoms with E-state index in [0.717, 1.165) is 36.8 Å². The topological polar surface area (TPSA) is 24.1 Å². The third-order valence-corrected chi connectivity index (χ3v) is 5.34. The highest BCUT2D eigenvalue weighted by atomic mass is 15.1. The standard InChI is InChI=1S/C16H26N2/c1-3-5-11-7-8-12-15-10-9-13(16(12)17-11)14(18-15)6-4-2/h3-4,11-18H,1-2,5-10H2. The van der Waals surface area contributed by atoms with Gasteiger partial charge in [-0.3, -0.25) is 0 Å². The van der Waals surface area contributed by atoms with Crippen molar-refractivity contribution in [2.75, 3.05) is 0 Å². The second-order valence-corrected chi connectivity index (χ2v) is 6.30. The van der Waals surface area contributed by atoms with Crippen molar-refractivity contribution in [1.82, 2.24) is 10.6 Å². The molecule has 4 rings (SSSR count). The molecule has 3 aliphatic heterocycles. The number of fused-ring (bicyclic) bond motifs is 2. The normalized spacial score (nSPS) is 46.4. The molecule has 0 amide bonds. The summed E-state index contributed by atoms with van der Waals surface area (Å²) >= 11 is 0. The van der Waals surface area contributed by atoms with Crippen molar-refractivity contribution >= 4 is 0 Å². The third-order valence-electron chi connectivity index (χ3n) is 5.34. The smallest absolute Gasteiger partial charge is 0.0156 e. The Hall–Kier alpha value is -0.600. The van der Waals surface area contributed by atoms with Gasteiger partial charge in [0.05, 0.1) is 0 Å². The monoisotopic (exact) mass is 246 g/mol. The minimum Gasteiger partial charge on any atom is -0.310 e. The van der Waals surface area contributed by atoms with Gasteiger partial charge < -0.3 is 10.6 Å². The van der Waals surface area contributed by atoms with Gasteiger partial charge in [-0.25, -0.2) is 0 Å². The maximum absolute atomic E-state index is 3.93. The molecule has 3 saturated heterocycles. The third kappa shape index (κ3) is 2.06. The maximum Gasteiger partial charge on any atom is 0.0156 e. The van der Waals surface area contributed by atoms with Gasteiger partial charge in [-0.1, -0.05) is 12.2 Å². The molecule has 4 fully saturated rings. The van der Waals surface area contributed by atoms with Crippen LogP contribution in [0.1, 0.15) is 38.5 Å². The van der Waals surface area contributed by atoms with E-state index in [2.05, 4.69) is 35.9 Å². The van der Waals surface area contributed by atoms with E-state index in [1.165, 1.54) is 25.7 Å². The van der Waals surface area contributed by atoms with Crippen molar-refractivity contribution in [3.8, 4) is 0 Å². The quantitative estimate of drug-likeness (QED) is 0.745. The predicted molar refractivity (Wildman–Crippen MR) is 76.5 cm³/mol. The average Bonchev–Trinajstić information content (AvgIpc) is 2.40. The summed E-state index contributed by atoms with van der Waals surface area (Å²) in [4.78, 5) is 0. The molecule has 3 heterocycles. The molecule has 2 nitrogen and oxygen atoms in total. The van der Waals surface area contributed by atoms with E-state index in [0.29, 0.717) is 12.1 Å². The Balaban J connectivity index is 1.72. The number of hydrogen-bond acceptors (Lipinski definition) is 2. The lowest BCUT2D eigenvalue weighted by atomic mass is 9.63. The van der Waals surface area contributed by atoms with Crippen LogP contribution in [-0.2, 0) is 0 Å². The Labute approximate surface area is 111 Å². The first kappa shape index (κ1) is 12.4. The number of piperidine rings is 3. The van der Waals surface area contributed by atoms with Crippen LogP contribution >= 0.6 is 0 Å². The zero-order chi connectivity index (χ0) is 12.5. The molecule has 0 aromatic carbocycles. The van der Waals surface area contributed by atoms with Crippen LogP contribution in [0.4, 0.5) is 0 Å². The highest BCUT2D eigenvalue weighted by Gasteiger charge is 2.49. The fourth-order valence-electron chi connectivity index (χ4n) is 4.58. The Kier molecular flexibility index (Phi) is 3.58. The van der Waals surface area contributed by atoms with Gasteiger partial charge in [0.2, 0.25) is 0 Å². The summed E-state index contributed by atoms with van der Waals surface area (Å²) in [6, 6.07) is 2.83. The molecule has 2 heteroatoms. The molecule has 0 spiro atoms. The fourth-order valence-corrected chi connectivity index (χ4v) is 4.58. The van der Waals surface area contributed by atoms with Crippen molar-refractivity contribution in [1.29, 1.82) is 0 Å². The molecular formula is C16H26N2. The van der Waals surface area contributed by atoms with Crippen LogP contribution in [0.25, 0.3) is 0 Å². The molecule has 100 valence electrons. The molecule has 2 bridgehead atoms. The molecule has 2 N–H and O–H groups in total. The van der Waals surface area contributed by atoms with Crippen LogP contribution in [0.5, 0.6) is 0 Å². The summed E-state index contributed by atoms with van der Waals surface area (Å²) in [7, 11) is 0. The van der Waals surface area contributed by atoms with E-state index < -0.39 is 0 Å². The van der Waals surface area contributed by atoms with Crippen LogP contribution in [0.2, 0.25) is 0 Å². The maximum atomic E-state index is 3.93. The highest BCUT2D eigenvalue weighted by molar-refractivity contribution is 5.09. The van der Waals surface area contributed by atoms with Gasteiger partial charge in [0.1, 0.15) is 0 Å². The number of hydrogen-bond donors (Lipinski definition) is 2. The van der Waals surface area contributed by atoms with Gasteiger partial charge in [0, 0.05) is 24.2 Å². The Bertz CT molecular complexity index is 325. The van der Waals surface area contributed by atoms with Gasteiger partial charge >= 0.3 is 0 Å². The van der Waals surface area contributed by atoms with Crippen molar-refractivity contribution in [2.24, 2.45) is 11.8 Å². The second-order valence-electron chi connectivity index (χ2n) is 6.30. The summed E-state index contributed by atoms with van der Waals surface area (Å²) in [6.07, 6.45) is 11.9. The van der Waals surface area contributed by atoms with E-state index in [-0.39, 0.29) is 0 Å². The fraction of sp³-hybridized carbons (Fsp3) is 0.750. The second kappa shape index (κ2) is 5.18. The zero-order valence-electron chi connectivity index (χ0n) is 11.3. The molecule has 1 aliphatic carbocycles. The lowest BCUT2D eigenvalue weighted by Crippen LogP contribution is -2.69. The Morgan fingerprint density at radius 2 is 1.67 bits per heavy atom. The summed E-state index contributed by atoms with van der Waals surface area (Å²) < 4.78 is 0. The zero-order valence-corrected chi connectivity index (χ0v) is 11.3. The summed E-state index contributed by atoms with van der Waals surface area (Å²) in [5.74, 6) is 1.68. The molecule has 1 saturated carbocycles. The van der Waals surface area contributed by atoms with Crippen LogP contribution in [-0.4, -0.2) is 24.2 Å². The molecule has 0 aromatic rings. The van der Waals surface area contributed by atoms with Crippen molar-refractivity contribution in [3.63, 3.8) is 0 Å². The molecule has 6 unspecified atom stereocenters. The molecule has 0 aromatic heterocycles. The summed E-state index contributed by atoms with van der Waals surface area (Å²) in [5.41, 5.74) is 0. The van der Waals surface area contributed by atoms with E-state index in [4.69, 9.17) is 0 Å². The van der Waals surface area contributed by atoms with Gasteiger partial charge in [0.25, 0.3) is 0 Å². The summed E-state index contributed by atoms with van der Waals surface area (Å²) in [6.45, 7) is 7.80. The van der Waals surface area contributed by atoms with Crippen molar-refractivity contribution in [2.45, 2.75) is 62.7 Å².